The molecule has 1 heterocycles. The van der Waals surface area contributed by atoms with Gasteiger partial charge < -0.3 is 15.0 Å². The third kappa shape index (κ3) is 5.68. The van der Waals surface area contributed by atoms with Crippen molar-refractivity contribution in [2.24, 2.45) is 5.92 Å². The van der Waals surface area contributed by atoms with Crippen LogP contribution in [0.4, 0.5) is 0 Å². The zero-order chi connectivity index (χ0) is 15.6. The molecule has 0 saturated carbocycles. The second-order valence-electron chi connectivity index (χ2n) is 5.92. The summed E-state index contributed by atoms with van der Waals surface area (Å²) >= 11 is 0. The van der Waals surface area contributed by atoms with Gasteiger partial charge >= 0.3 is 0 Å². The van der Waals surface area contributed by atoms with Crippen LogP contribution in [0.15, 0.2) is 30.3 Å². The van der Waals surface area contributed by atoms with Crippen LogP contribution in [0.5, 0.6) is 5.75 Å². The van der Waals surface area contributed by atoms with Gasteiger partial charge in [0.05, 0.1) is 6.61 Å². The minimum atomic E-state index is 0.211. The number of ether oxygens (including phenoxy) is 1. The van der Waals surface area contributed by atoms with Crippen LogP contribution in [0.2, 0.25) is 0 Å². The predicted molar refractivity (Wildman–Crippen MR) is 89.0 cm³/mol. The Morgan fingerprint density at radius 3 is 2.68 bits per heavy atom. The number of rotatable bonds is 8. The molecule has 4 heteroatoms. The molecular formula is C18H28N2O2. The van der Waals surface area contributed by atoms with E-state index in [0.717, 1.165) is 64.2 Å². The number of carbonyl (C=O) groups excluding carboxylic acids is 1. The number of nitrogens with zero attached hydrogens (tertiary/aromatic N) is 1. The smallest absolute Gasteiger partial charge is 0.223 e. The van der Waals surface area contributed by atoms with Crippen molar-refractivity contribution in [1.82, 2.24) is 10.2 Å². The highest BCUT2D eigenvalue weighted by atomic mass is 16.5. The van der Waals surface area contributed by atoms with Gasteiger partial charge in [0.2, 0.25) is 5.91 Å². The lowest BCUT2D eigenvalue weighted by atomic mass is 9.96. The van der Waals surface area contributed by atoms with Crippen molar-refractivity contribution >= 4 is 5.91 Å². The topological polar surface area (TPSA) is 41.6 Å². The monoisotopic (exact) mass is 304 g/mol. The Labute approximate surface area is 133 Å². The van der Waals surface area contributed by atoms with Gasteiger partial charge in [0.1, 0.15) is 5.75 Å². The van der Waals surface area contributed by atoms with E-state index in [-0.39, 0.29) is 11.8 Å². The molecule has 1 aliphatic heterocycles. The van der Waals surface area contributed by atoms with Gasteiger partial charge in [0.15, 0.2) is 0 Å². The fourth-order valence-electron chi connectivity index (χ4n) is 2.81. The SMILES string of the molecule is CCCNC(=O)C1CCN(CCCOc2ccccc2)CC1. The average molecular weight is 304 g/mol. The van der Waals surface area contributed by atoms with E-state index in [9.17, 15) is 4.79 Å². The van der Waals surface area contributed by atoms with Gasteiger partial charge in [-0.05, 0) is 50.9 Å². The lowest BCUT2D eigenvalue weighted by Gasteiger charge is -2.31. The van der Waals surface area contributed by atoms with Crippen LogP contribution in [0.3, 0.4) is 0 Å². The number of amides is 1. The molecule has 1 saturated heterocycles. The summed E-state index contributed by atoms with van der Waals surface area (Å²) < 4.78 is 5.71. The van der Waals surface area contributed by atoms with Gasteiger partial charge in [-0.3, -0.25) is 4.79 Å². The highest BCUT2D eigenvalue weighted by Gasteiger charge is 2.24. The Morgan fingerprint density at radius 1 is 1.27 bits per heavy atom. The maximum atomic E-state index is 11.9. The van der Waals surface area contributed by atoms with Crippen molar-refractivity contribution in [3.8, 4) is 5.75 Å². The van der Waals surface area contributed by atoms with Crippen LogP contribution in [0.25, 0.3) is 0 Å². The lowest BCUT2D eigenvalue weighted by molar-refractivity contribution is -0.126. The van der Waals surface area contributed by atoms with Crippen molar-refractivity contribution in [3.05, 3.63) is 30.3 Å². The van der Waals surface area contributed by atoms with Gasteiger partial charge in [-0.2, -0.15) is 0 Å². The molecule has 1 amide bonds. The van der Waals surface area contributed by atoms with Crippen LogP contribution in [0, 0.1) is 5.92 Å². The van der Waals surface area contributed by atoms with E-state index in [2.05, 4.69) is 17.1 Å². The second-order valence-corrected chi connectivity index (χ2v) is 5.92. The van der Waals surface area contributed by atoms with E-state index in [1.54, 1.807) is 0 Å². The lowest BCUT2D eigenvalue weighted by Crippen LogP contribution is -2.41. The van der Waals surface area contributed by atoms with E-state index in [1.165, 1.54) is 0 Å². The molecule has 4 nitrogen and oxygen atoms in total. The summed E-state index contributed by atoms with van der Waals surface area (Å²) in [5.74, 6) is 1.39. The Balaban J connectivity index is 1.56. The fraction of sp³-hybridized carbons (Fsp3) is 0.611. The van der Waals surface area contributed by atoms with Crippen molar-refractivity contribution in [2.45, 2.75) is 32.6 Å². The minimum absolute atomic E-state index is 0.211. The van der Waals surface area contributed by atoms with Gasteiger partial charge in [0, 0.05) is 19.0 Å². The van der Waals surface area contributed by atoms with Gasteiger partial charge in [-0.25, -0.2) is 0 Å². The summed E-state index contributed by atoms with van der Waals surface area (Å²) in [5.41, 5.74) is 0. The molecule has 2 rings (SSSR count). The standard InChI is InChI=1S/C18H28N2O2/c1-2-11-19-18(21)16-9-13-20(14-10-16)12-6-15-22-17-7-4-3-5-8-17/h3-5,7-8,16H,2,6,9-15H2,1H3,(H,19,21). The molecule has 122 valence electrons. The molecule has 0 spiro atoms. The Hall–Kier alpha value is -1.55. The molecule has 1 N–H and O–H groups in total. The number of benzene rings is 1. The molecule has 0 aliphatic carbocycles. The van der Waals surface area contributed by atoms with E-state index in [1.807, 2.05) is 30.3 Å². The summed E-state index contributed by atoms with van der Waals surface area (Å²) in [4.78, 5) is 14.4. The largest absolute Gasteiger partial charge is 0.494 e. The zero-order valence-corrected chi connectivity index (χ0v) is 13.6. The summed E-state index contributed by atoms with van der Waals surface area (Å²) in [6, 6.07) is 9.95. The highest BCUT2D eigenvalue weighted by Crippen LogP contribution is 2.17. The van der Waals surface area contributed by atoms with Crippen LogP contribution in [0.1, 0.15) is 32.6 Å². The molecular weight excluding hydrogens is 276 g/mol. The maximum absolute atomic E-state index is 11.9. The number of hydrogen-bond donors (Lipinski definition) is 1. The fourth-order valence-corrected chi connectivity index (χ4v) is 2.81. The third-order valence-corrected chi connectivity index (χ3v) is 4.14. The summed E-state index contributed by atoms with van der Waals surface area (Å²) in [6.45, 7) is 6.73. The molecule has 1 aromatic rings. The van der Waals surface area contributed by atoms with Crippen LogP contribution in [-0.4, -0.2) is 43.6 Å². The summed E-state index contributed by atoms with van der Waals surface area (Å²) in [6.07, 6.45) is 4.00. The first-order valence-corrected chi connectivity index (χ1v) is 8.47. The molecule has 0 aromatic heterocycles. The second kappa shape index (κ2) is 9.46. The Kier molecular flexibility index (Phi) is 7.23. The maximum Gasteiger partial charge on any atom is 0.223 e. The molecule has 0 unspecified atom stereocenters. The first-order chi connectivity index (χ1) is 10.8. The predicted octanol–water partition coefficient (Wildman–Crippen LogP) is 2.69. The van der Waals surface area contributed by atoms with Gasteiger partial charge in [-0.15, -0.1) is 0 Å². The van der Waals surface area contributed by atoms with Crippen molar-refractivity contribution in [3.63, 3.8) is 0 Å². The molecule has 22 heavy (non-hydrogen) atoms. The summed E-state index contributed by atoms with van der Waals surface area (Å²) in [5, 5.41) is 3.01. The van der Waals surface area contributed by atoms with E-state index >= 15 is 0 Å². The van der Waals surface area contributed by atoms with Crippen molar-refractivity contribution in [1.29, 1.82) is 0 Å². The van der Waals surface area contributed by atoms with Crippen LogP contribution in [-0.2, 0) is 4.79 Å². The molecule has 1 aliphatic rings. The molecule has 0 radical (unpaired) electrons. The van der Waals surface area contributed by atoms with Crippen molar-refractivity contribution in [2.75, 3.05) is 32.8 Å². The minimum Gasteiger partial charge on any atom is -0.494 e. The molecule has 1 fully saturated rings. The zero-order valence-electron chi connectivity index (χ0n) is 13.6. The summed E-state index contributed by atoms with van der Waals surface area (Å²) in [7, 11) is 0. The normalized spacial score (nSPS) is 16.4. The van der Waals surface area contributed by atoms with E-state index in [4.69, 9.17) is 4.74 Å². The van der Waals surface area contributed by atoms with Gasteiger partial charge in [-0.1, -0.05) is 25.1 Å². The number of likely N-dealkylation sites (tertiary alicyclic amines) is 1. The van der Waals surface area contributed by atoms with Crippen molar-refractivity contribution < 1.29 is 9.53 Å². The number of nitrogens with one attached hydrogen (secondary N) is 1. The van der Waals surface area contributed by atoms with Gasteiger partial charge in [0.25, 0.3) is 0 Å². The third-order valence-electron chi connectivity index (χ3n) is 4.14. The first-order valence-electron chi connectivity index (χ1n) is 8.47. The van der Waals surface area contributed by atoms with E-state index in [0.29, 0.717) is 0 Å². The first kappa shape index (κ1) is 16.8. The number of para-hydroxylation sites is 1. The average Bonchev–Trinajstić information content (AvgIpc) is 2.58. The molecule has 1 aromatic carbocycles. The van der Waals surface area contributed by atoms with Crippen LogP contribution < -0.4 is 10.1 Å². The number of carbonyl (C=O) groups is 1. The number of hydrogen-bond acceptors (Lipinski definition) is 3. The highest BCUT2D eigenvalue weighted by molar-refractivity contribution is 5.78. The quantitative estimate of drug-likeness (QED) is 0.751. The molecule has 0 atom stereocenters. The Morgan fingerprint density at radius 2 is 2.00 bits per heavy atom. The van der Waals surface area contributed by atoms with E-state index < -0.39 is 0 Å². The Bertz CT molecular complexity index is 428. The molecule has 0 bridgehead atoms. The van der Waals surface area contributed by atoms with Crippen LogP contribution >= 0.6 is 0 Å². The number of piperidine rings is 1.